The molecule has 2 aliphatic rings. The lowest BCUT2D eigenvalue weighted by molar-refractivity contribution is -0.128. The summed E-state index contributed by atoms with van der Waals surface area (Å²) in [5.74, 6) is -0.698. The van der Waals surface area contributed by atoms with E-state index in [0.29, 0.717) is 24.4 Å². The fraction of sp³-hybridized carbons (Fsp3) is 0.387. The molecule has 1 aliphatic heterocycles. The Morgan fingerprint density at radius 1 is 1.11 bits per heavy atom. The van der Waals surface area contributed by atoms with Crippen molar-refractivity contribution in [3.8, 4) is 11.1 Å². The maximum atomic E-state index is 14.2. The van der Waals surface area contributed by atoms with Crippen LogP contribution in [0.15, 0.2) is 54.7 Å². The number of piperidine rings is 1. The molecule has 2 heterocycles. The van der Waals surface area contributed by atoms with Crippen LogP contribution in [0, 0.1) is 18.7 Å². The van der Waals surface area contributed by atoms with Gasteiger partial charge in [-0.25, -0.2) is 4.39 Å². The van der Waals surface area contributed by atoms with E-state index in [9.17, 15) is 18.5 Å². The number of pyridine rings is 1. The van der Waals surface area contributed by atoms with Crippen LogP contribution in [0.4, 0.5) is 10.1 Å². The number of aromatic nitrogens is 1. The minimum absolute atomic E-state index is 0.0383. The molecule has 0 radical (unpaired) electrons. The number of benzene rings is 2. The van der Waals surface area contributed by atoms with Crippen LogP contribution in [0.1, 0.15) is 54.8 Å². The third-order valence-corrected chi connectivity index (χ3v) is 9.12. The highest BCUT2D eigenvalue weighted by Gasteiger charge is 2.35. The zero-order chi connectivity index (χ0) is 27.0. The van der Waals surface area contributed by atoms with Gasteiger partial charge in [0.2, 0.25) is 5.91 Å². The van der Waals surface area contributed by atoms with Crippen LogP contribution in [-0.4, -0.2) is 36.5 Å². The largest absolute Gasteiger partial charge is 0.319 e. The number of amides is 1. The second kappa shape index (κ2) is 10.6. The number of Topliss-reactive ketones (excluding diaryl/α,β-unsaturated/α-hetero) is 1. The van der Waals surface area contributed by atoms with Gasteiger partial charge in [0.15, 0.2) is 0 Å². The summed E-state index contributed by atoms with van der Waals surface area (Å²) >= 11 is 0. The predicted molar refractivity (Wildman–Crippen MR) is 150 cm³/mol. The lowest BCUT2D eigenvalue weighted by Crippen LogP contribution is -2.42. The van der Waals surface area contributed by atoms with Gasteiger partial charge >= 0.3 is 0 Å². The van der Waals surface area contributed by atoms with Gasteiger partial charge in [-0.3, -0.25) is 14.6 Å². The van der Waals surface area contributed by atoms with E-state index in [-0.39, 0.29) is 30.2 Å². The summed E-state index contributed by atoms with van der Waals surface area (Å²) in [6, 6.07) is 15.4. The first-order valence-corrected chi connectivity index (χ1v) is 15.9. The molecule has 5 rings (SSSR count). The summed E-state index contributed by atoms with van der Waals surface area (Å²) in [5.41, 5.74) is 4.88. The average molecular weight is 533 g/mol. The van der Waals surface area contributed by atoms with Gasteiger partial charge in [-0.2, -0.15) is 0 Å². The normalized spacial score (nSPS) is 18.1. The van der Waals surface area contributed by atoms with Gasteiger partial charge in [0, 0.05) is 36.1 Å². The van der Waals surface area contributed by atoms with Crippen LogP contribution in [0.2, 0.25) is 0 Å². The standard InChI is InChI=1S/C31H34FN2O3P/c1-20-15-27(32)28(33-19-20)18-24(35)16-23-7-6-14-34(31(23)36)29-13-12-22(17-26(29)21-10-11-21)25-8-4-5-9-30(25)38(2,3)37/h4-5,8-9,12-13,15,17,19,21,23H,6-7,10-11,14,16,18H2,1-3H3/t23-/m0/s1. The van der Waals surface area contributed by atoms with Gasteiger partial charge < -0.3 is 9.46 Å². The van der Waals surface area contributed by atoms with Crippen molar-refractivity contribution in [1.82, 2.24) is 4.98 Å². The molecular weight excluding hydrogens is 498 g/mol. The first-order valence-electron chi connectivity index (χ1n) is 13.3. The lowest BCUT2D eigenvalue weighted by Gasteiger charge is -2.34. The molecule has 1 saturated carbocycles. The van der Waals surface area contributed by atoms with E-state index in [2.05, 4.69) is 11.1 Å². The molecule has 3 aromatic rings. The molecule has 1 amide bonds. The van der Waals surface area contributed by atoms with Crippen molar-refractivity contribution in [2.45, 2.75) is 51.4 Å². The summed E-state index contributed by atoms with van der Waals surface area (Å²) < 4.78 is 27.2. The smallest absolute Gasteiger partial charge is 0.230 e. The molecule has 7 heteroatoms. The lowest BCUT2D eigenvalue weighted by atomic mass is 9.89. The molecule has 2 fully saturated rings. The SMILES string of the molecule is Cc1cnc(CC(=O)C[C@@H]2CCCN(c3ccc(-c4ccccc4P(C)(C)=O)cc3C3CC3)C2=O)c(F)c1. The Morgan fingerprint density at radius 2 is 1.87 bits per heavy atom. The Kier molecular flexibility index (Phi) is 7.37. The number of hydrogen-bond donors (Lipinski definition) is 0. The summed E-state index contributed by atoms with van der Waals surface area (Å²) in [5, 5.41) is 0.863. The Labute approximate surface area is 223 Å². The molecule has 1 atom stereocenters. The van der Waals surface area contributed by atoms with Crippen molar-refractivity contribution >= 4 is 29.8 Å². The van der Waals surface area contributed by atoms with Crippen LogP contribution in [0.3, 0.4) is 0 Å². The highest BCUT2D eigenvalue weighted by molar-refractivity contribution is 7.70. The van der Waals surface area contributed by atoms with E-state index in [4.69, 9.17) is 0 Å². The van der Waals surface area contributed by atoms with Crippen molar-refractivity contribution in [1.29, 1.82) is 0 Å². The topological polar surface area (TPSA) is 67.3 Å². The zero-order valence-electron chi connectivity index (χ0n) is 22.2. The third kappa shape index (κ3) is 5.66. The second-order valence-corrected chi connectivity index (χ2v) is 14.3. The molecule has 0 bridgehead atoms. The molecule has 1 aliphatic carbocycles. The number of aryl methyl sites for hydroxylation is 1. The number of rotatable bonds is 8. The molecule has 0 N–H and O–H groups in total. The van der Waals surface area contributed by atoms with E-state index in [1.165, 1.54) is 6.07 Å². The van der Waals surface area contributed by atoms with E-state index in [1.807, 2.05) is 41.3 Å². The monoisotopic (exact) mass is 532 g/mol. The molecule has 2 aromatic carbocycles. The first kappa shape index (κ1) is 26.5. The average Bonchev–Trinajstić information content (AvgIpc) is 3.72. The van der Waals surface area contributed by atoms with Gasteiger partial charge in [0.05, 0.1) is 12.1 Å². The number of carbonyl (C=O) groups excluding carboxylic acids is 2. The predicted octanol–water partition coefficient (Wildman–Crippen LogP) is 6.27. The van der Waals surface area contributed by atoms with Crippen molar-refractivity contribution in [2.75, 3.05) is 24.8 Å². The minimum Gasteiger partial charge on any atom is -0.319 e. The molecule has 0 unspecified atom stereocenters. The van der Waals surface area contributed by atoms with Crippen molar-refractivity contribution < 1.29 is 18.5 Å². The van der Waals surface area contributed by atoms with Crippen LogP contribution in [0.5, 0.6) is 0 Å². The second-order valence-electron chi connectivity index (χ2n) is 11.1. The number of anilines is 1. The van der Waals surface area contributed by atoms with Gasteiger partial charge in [-0.05, 0) is 92.3 Å². The third-order valence-electron chi connectivity index (χ3n) is 7.57. The van der Waals surface area contributed by atoms with Gasteiger partial charge in [0.1, 0.15) is 18.7 Å². The Balaban J connectivity index is 1.38. The zero-order valence-corrected chi connectivity index (χ0v) is 23.1. The van der Waals surface area contributed by atoms with Gasteiger partial charge in [-0.1, -0.05) is 30.3 Å². The molecular formula is C31H34FN2O3P. The summed E-state index contributed by atoms with van der Waals surface area (Å²) in [6.07, 6.45) is 5.17. The number of hydrogen-bond acceptors (Lipinski definition) is 4. The van der Waals surface area contributed by atoms with E-state index >= 15 is 0 Å². The Morgan fingerprint density at radius 3 is 2.58 bits per heavy atom. The number of halogens is 1. The van der Waals surface area contributed by atoms with Crippen molar-refractivity contribution in [2.24, 2.45) is 5.92 Å². The summed E-state index contributed by atoms with van der Waals surface area (Å²) in [6.45, 7) is 5.95. The van der Waals surface area contributed by atoms with Crippen LogP contribution in [-0.2, 0) is 20.6 Å². The molecule has 198 valence electrons. The number of ketones is 1. The maximum absolute atomic E-state index is 14.2. The van der Waals surface area contributed by atoms with E-state index < -0.39 is 18.9 Å². The fourth-order valence-corrected chi connectivity index (χ4v) is 6.71. The van der Waals surface area contributed by atoms with Crippen LogP contribution < -0.4 is 10.2 Å². The van der Waals surface area contributed by atoms with Gasteiger partial charge in [0.25, 0.3) is 0 Å². The van der Waals surface area contributed by atoms with E-state index in [1.54, 1.807) is 26.5 Å². The minimum atomic E-state index is -2.47. The molecule has 1 saturated heterocycles. The summed E-state index contributed by atoms with van der Waals surface area (Å²) in [4.78, 5) is 32.3. The van der Waals surface area contributed by atoms with E-state index in [0.717, 1.165) is 46.9 Å². The Hall–Kier alpha value is -3.11. The molecule has 5 nitrogen and oxygen atoms in total. The molecule has 0 spiro atoms. The van der Waals surface area contributed by atoms with Crippen molar-refractivity contribution in [3.05, 3.63) is 77.4 Å². The number of carbonyl (C=O) groups is 2. The first-order chi connectivity index (χ1) is 18.1. The summed E-state index contributed by atoms with van der Waals surface area (Å²) in [7, 11) is -2.47. The quantitative estimate of drug-likeness (QED) is 0.321. The van der Waals surface area contributed by atoms with Crippen LogP contribution in [0.25, 0.3) is 11.1 Å². The fourth-order valence-electron chi connectivity index (χ4n) is 5.48. The van der Waals surface area contributed by atoms with Crippen LogP contribution >= 0.6 is 7.14 Å². The number of nitrogens with zero attached hydrogens (tertiary/aromatic N) is 2. The molecule has 38 heavy (non-hydrogen) atoms. The Bertz CT molecular complexity index is 1440. The molecule has 1 aromatic heterocycles. The highest BCUT2D eigenvalue weighted by atomic mass is 31.2. The maximum Gasteiger partial charge on any atom is 0.230 e. The highest BCUT2D eigenvalue weighted by Crippen LogP contribution is 2.47. The van der Waals surface area contributed by atoms with Crippen molar-refractivity contribution in [3.63, 3.8) is 0 Å². The van der Waals surface area contributed by atoms with Gasteiger partial charge in [-0.15, -0.1) is 0 Å².